The Hall–Kier alpha value is -3.32. The normalized spacial score (nSPS) is 14.1. The van der Waals surface area contributed by atoms with E-state index in [2.05, 4.69) is 35.1 Å². The molecular formula is C26H28F3N5O3S2. The number of hydrogen-bond donors (Lipinski definition) is 0. The molecule has 0 bridgehead atoms. The Kier molecular flexibility index (Phi) is 9.33. The van der Waals surface area contributed by atoms with Crippen molar-refractivity contribution in [2.24, 2.45) is 0 Å². The summed E-state index contributed by atoms with van der Waals surface area (Å²) in [7, 11) is 1.22. The first kappa shape index (κ1) is 28.7. The largest absolute Gasteiger partial charge is 0.415 e. The van der Waals surface area contributed by atoms with Crippen molar-refractivity contribution >= 4 is 44.5 Å². The van der Waals surface area contributed by atoms with Crippen LogP contribution in [0.4, 0.5) is 18.9 Å². The van der Waals surface area contributed by atoms with Crippen molar-refractivity contribution in [3.8, 4) is 11.5 Å². The maximum Gasteiger partial charge on any atom is 0.314 e. The van der Waals surface area contributed by atoms with Crippen LogP contribution in [0, 0.1) is 5.82 Å². The maximum absolute atomic E-state index is 14.6. The third-order valence-electron chi connectivity index (χ3n) is 6.02. The van der Waals surface area contributed by atoms with E-state index in [1.54, 1.807) is 28.4 Å². The molecule has 0 spiro atoms. The Morgan fingerprint density at radius 1 is 1.15 bits per heavy atom. The minimum Gasteiger partial charge on any atom is -0.415 e. The minimum atomic E-state index is -2.86. The summed E-state index contributed by atoms with van der Waals surface area (Å²) in [6.07, 6.45) is -2.05. The number of amides is 1. The van der Waals surface area contributed by atoms with Crippen LogP contribution in [0.2, 0.25) is 0 Å². The number of halogens is 3. The predicted molar refractivity (Wildman–Crippen MR) is 146 cm³/mol. The van der Waals surface area contributed by atoms with Crippen LogP contribution < -0.4 is 4.90 Å². The molecule has 5 rings (SSSR count). The fourth-order valence-electron chi connectivity index (χ4n) is 3.77. The molecule has 1 amide bonds. The van der Waals surface area contributed by atoms with E-state index in [9.17, 15) is 22.2 Å². The zero-order valence-corrected chi connectivity index (χ0v) is 23.3. The molecule has 0 atom stereocenters. The zero-order chi connectivity index (χ0) is 28.1. The molecule has 0 unspecified atom stereocenters. The lowest BCUT2D eigenvalue weighted by atomic mass is 10.1. The number of alkyl halides is 2. The summed E-state index contributed by atoms with van der Waals surface area (Å²) >= 11 is 1.66. The smallest absolute Gasteiger partial charge is 0.314 e. The summed E-state index contributed by atoms with van der Waals surface area (Å²) in [5.74, 6) is 0.273. The number of aromatic nitrogens is 3. The van der Waals surface area contributed by atoms with Gasteiger partial charge in [-0.15, -0.1) is 21.5 Å². The van der Waals surface area contributed by atoms with E-state index in [1.165, 1.54) is 6.07 Å². The molecule has 3 heterocycles. The van der Waals surface area contributed by atoms with E-state index >= 15 is 0 Å². The van der Waals surface area contributed by atoms with Gasteiger partial charge in [0.05, 0.1) is 15.2 Å². The number of hydrogen-bond acceptors (Lipinski definition) is 8. The molecule has 2 aromatic carbocycles. The third-order valence-corrected chi connectivity index (χ3v) is 8.61. The first-order chi connectivity index (χ1) is 18.6. The molecule has 8 nitrogen and oxygen atoms in total. The Labute approximate surface area is 230 Å². The molecule has 0 radical (unpaired) electrons. The summed E-state index contributed by atoms with van der Waals surface area (Å²) in [4.78, 5) is 18.3. The van der Waals surface area contributed by atoms with Crippen LogP contribution in [-0.2, 0) is 22.1 Å². The van der Waals surface area contributed by atoms with E-state index in [-0.39, 0.29) is 11.5 Å². The van der Waals surface area contributed by atoms with E-state index < -0.39 is 28.9 Å². The third kappa shape index (κ3) is 7.21. The van der Waals surface area contributed by atoms with Crippen molar-refractivity contribution in [1.29, 1.82) is 0 Å². The van der Waals surface area contributed by atoms with E-state index in [0.29, 0.717) is 42.6 Å². The van der Waals surface area contributed by atoms with Gasteiger partial charge in [-0.25, -0.2) is 9.37 Å². The van der Waals surface area contributed by atoms with Gasteiger partial charge < -0.3 is 14.2 Å². The zero-order valence-electron chi connectivity index (χ0n) is 21.6. The van der Waals surface area contributed by atoms with Gasteiger partial charge in [-0.05, 0) is 30.3 Å². The molecular weight excluding hydrogens is 551 g/mol. The van der Waals surface area contributed by atoms with Crippen molar-refractivity contribution in [2.75, 3.05) is 36.5 Å². The van der Waals surface area contributed by atoms with Gasteiger partial charge in [0.15, 0.2) is 0 Å². The highest BCUT2D eigenvalue weighted by atomic mass is 32.2. The second-order valence-corrected chi connectivity index (χ2v) is 12.0. The molecule has 1 fully saturated rings. The lowest BCUT2D eigenvalue weighted by molar-refractivity contribution is -0.117. The molecule has 13 heteroatoms. The standard InChI is InChI=1S/C21H19F3N4OS.C5H9NO2S/c1-11(2)21-25-16-7-6-14(9-17(16)30-21)28(3)10-13-5-4-12(8-15(13)22)19-26-27-20(29-19)18(23)24;7-5-6-1-3-9(8)4-2-6/h4-9,11,18H,10H2,1-3H3;5H,1-4H2. The molecule has 39 heavy (non-hydrogen) atoms. The summed E-state index contributed by atoms with van der Waals surface area (Å²) < 4.78 is 56.5. The molecule has 0 saturated carbocycles. The topological polar surface area (TPSA) is 92.4 Å². The molecule has 2 aromatic heterocycles. The first-order valence-corrected chi connectivity index (χ1v) is 14.5. The van der Waals surface area contributed by atoms with Gasteiger partial charge in [0.25, 0.3) is 5.89 Å². The van der Waals surface area contributed by atoms with Crippen LogP contribution >= 0.6 is 11.3 Å². The highest BCUT2D eigenvalue weighted by Crippen LogP contribution is 2.31. The molecule has 1 saturated heterocycles. The summed E-state index contributed by atoms with van der Waals surface area (Å²) in [6.45, 7) is 5.88. The van der Waals surface area contributed by atoms with Crippen molar-refractivity contribution in [2.45, 2.75) is 32.7 Å². The Bertz CT molecular complexity index is 1450. The monoisotopic (exact) mass is 579 g/mol. The van der Waals surface area contributed by atoms with Crippen molar-refractivity contribution in [1.82, 2.24) is 20.1 Å². The molecule has 0 N–H and O–H groups in total. The number of benzene rings is 2. The van der Waals surface area contributed by atoms with Gasteiger partial charge in [-0.2, -0.15) is 8.78 Å². The quantitative estimate of drug-likeness (QED) is 0.271. The predicted octanol–water partition coefficient (Wildman–Crippen LogP) is 5.39. The number of carbonyl (C=O) groups excluding carboxylic acids is 1. The van der Waals surface area contributed by atoms with Crippen LogP contribution in [0.15, 0.2) is 40.8 Å². The second-order valence-electron chi connectivity index (χ2n) is 9.26. The Morgan fingerprint density at radius 3 is 2.51 bits per heavy atom. The second kappa shape index (κ2) is 12.7. The fraction of sp³-hybridized carbons (Fsp3) is 0.385. The Balaban J connectivity index is 0.000000333. The van der Waals surface area contributed by atoms with Gasteiger partial charge in [0.2, 0.25) is 12.3 Å². The minimum absolute atomic E-state index is 0.138. The highest BCUT2D eigenvalue weighted by Gasteiger charge is 2.18. The van der Waals surface area contributed by atoms with E-state index in [0.717, 1.165) is 27.3 Å². The average molecular weight is 580 g/mol. The van der Waals surface area contributed by atoms with Gasteiger partial charge in [-0.1, -0.05) is 19.9 Å². The highest BCUT2D eigenvalue weighted by molar-refractivity contribution is 7.85. The number of carbonyl (C=O) groups is 1. The van der Waals surface area contributed by atoms with Gasteiger partial charge >= 0.3 is 6.43 Å². The lowest BCUT2D eigenvalue weighted by Crippen LogP contribution is -2.36. The number of nitrogens with zero attached hydrogens (tertiary/aromatic N) is 5. The van der Waals surface area contributed by atoms with Crippen LogP contribution in [0.3, 0.4) is 0 Å². The van der Waals surface area contributed by atoms with Gasteiger partial charge in [0, 0.05) is 71.7 Å². The molecule has 1 aliphatic heterocycles. The molecule has 1 aliphatic rings. The molecule has 0 aliphatic carbocycles. The SMILES string of the molecule is CC(C)c1nc2ccc(N(C)Cc3ccc(-c4nnc(C(F)F)o4)cc3F)cc2s1.O=CN1CCS(=O)CC1. The van der Waals surface area contributed by atoms with Gasteiger partial charge in [-0.3, -0.25) is 9.00 Å². The Morgan fingerprint density at radius 2 is 1.90 bits per heavy atom. The number of thiazole rings is 1. The van der Waals surface area contributed by atoms with Crippen molar-refractivity contribution in [3.05, 3.63) is 58.7 Å². The van der Waals surface area contributed by atoms with Crippen LogP contribution in [0.5, 0.6) is 0 Å². The summed E-state index contributed by atoms with van der Waals surface area (Å²) in [6, 6.07) is 10.4. The number of anilines is 1. The van der Waals surface area contributed by atoms with Gasteiger partial charge in [0.1, 0.15) is 5.82 Å². The van der Waals surface area contributed by atoms with Crippen LogP contribution in [0.25, 0.3) is 21.7 Å². The fourth-order valence-corrected chi connectivity index (χ4v) is 5.85. The number of fused-ring (bicyclic) bond motifs is 1. The summed E-state index contributed by atoms with van der Waals surface area (Å²) in [5.41, 5.74) is 2.62. The summed E-state index contributed by atoms with van der Waals surface area (Å²) in [5, 5.41) is 7.91. The van der Waals surface area contributed by atoms with E-state index in [1.807, 2.05) is 24.1 Å². The maximum atomic E-state index is 14.6. The van der Waals surface area contributed by atoms with Crippen molar-refractivity contribution in [3.63, 3.8) is 0 Å². The van der Waals surface area contributed by atoms with E-state index in [4.69, 9.17) is 4.42 Å². The average Bonchev–Trinajstić information content (AvgIpc) is 3.58. The molecule has 4 aromatic rings. The van der Waals surface area contributed by atoms with Crippen LogP contribution in [0.1, 0.15) is 42.7 Å². The molecule has 208 valence electrons. The van der Waals surface area contributed by atoms with Crippen LogP contribution in [-0.4, -0.2) is 62.3 Å². The first-order valence-electron chi connectivity index (χ1n) is 12.2. The van der Waals surface area contributed by atoms with Crippen molar-refractivity contribution < 1.29 is 26.6 Å². The lowest BCUT2D eigenvalue weighted by Gasteiger charge is -2.21. The number of rotatable bonds is 7.